The van der Waals surface area contributed by atoms with E-state index >= 15 is 0 Å². The minimum absolute atomic E-state index is 0.0637. The van der Waals surface area contributed by atoms with Crippen LogP contribution in [-0.2, 0) is 0 Å². The lowest BCUT2D eigenvalue weighted by molar-refractivity contribution is 0.0688. The first-order valence-corrected chi connectivity index (χ1v) is 6.46. The molecule has 1 fully saturated rings. The summed E-state index contributed by atoms with van der Waals surface area (Å²) < 4.78 is 13.9. The van der Waals surface area contributed by atoms with Crippen LogP contribution in [0.25, 0.3) is 0 Å². The van der Waals surface area contributed by atoms with Gasteiger partial charge in [-0.15, -0.1) is 0 Å². The van der Waals surface area contributed by atoms with E-state index < -0.39 is 11.4 Å². The fraction of sp³-hybridized carbons (Fsp3) is 0.533. The number of benzene rings is 1. The van der Waals surface area contributed by atoms with Crippen LogP contribution in [0.2, 0.25) is 0 Å². The second-order valence-corrected chi connectivity index (χ2v) is 5.45. The van der Waals surface area contributed by atoms with Crippen LogP contribution in [-0.4, -0.2) is 30.3 Å². The number of ketones is 1. The third kappa shape index (κ3) is 2.07. The van der Waals surface area contributed by atoms with E-state index in [0.717, 1.165) is 31.2 Å². The summed E-state index contributed by atoms with van der Waals surface area (Å²) in [5.41, 5.74) is 0.659. The van der Waals surface area contributed by atoms with Crippen molar-refractivity contribution in [2.75, 3.05) is 14.1 Å². The van der Waals surface area contributed by atoms with Crippen LogP contribution in [0.4, 0.5) is 4.39 Å². The number of rotatable bonds is 3. The van der Waals surface area contributed by atoms with Gasteiger partial charge in [0.1, 0.15) is 5.82 Å². The SMILES string of the molecule is Cc1ccc(F)c(C(=O)C2(N(C)C)CCCC2)c1. The zero-order valence-corrected chi connectivity index (χ0v) is 11.3. The molecule has 1 aliphatic carbocycles. The molecule has 0 atom stereocenters. The number of hydrogen-bond donors (Lipinski definition) is 0. The summed E-state index contributed by atoms with van der Waals surface area (Å²) in [6.45, 7) is 1.88. The molecule has 0 bridgehead atoms. The molecule has 1 aliphatic rings. The largest absolute Gasteiger partial charge is 0.297 e. The Morgan fingerprint density at radius 2 is 1.89 bits per heavy atom. The molecule has 18 heavy (non-hydrogen) atoms. The zero-order valence-electron chi connectivity index (χ0n) is 11.3. The first kappa shape index (κ1) is 13.2. The van der Waals surface area contributed by atoms with E-state index in [1.165, 1.54) is 6.07 Å². The number of carbonyl (C=O) groups is 1. The molecule has 0 spiro atoms. The first-order chi connectivity index (χ1) is 8.47. The molecular weight excluding hydrogens is 229 g/mol. The van der Waals surface area contributed by atoms with Crippen molar-refractivity contribution in [1.82, 2.24) is 4.90 Å². The molecule has 98 valence electrons. The van der Waals surface area contributed by atoms with Crippen molar-refractivity contribution in [3.05, 3.63) is 35.1 Å². The van der Waals surface area contributed by atoms with Gasteiger partial charge in [-0.1, -0.05) is 24.5 Å². The molecule has 3 heteroatoms. The van der Waals surface area contributed by atoms with E-state index in [-0.39, 0.29) is 11.3 Å². The predicted molar refractivity (Wildman–Crippen MR) is 70.4 cm³/mol. The fourth-order valence-corrected chi connectivity index (χ4v) is 2.90. The van der Waals surface area contributed by atoms with Gasteiger partial charge in [-0.3, -0.25) is 9.69 Å². The Balaban J connectivity index is 2.43. The van der Waals surface area contributed by atoms with Crippen LogP contribution in [0.15, 0.2) is 18.2 Å². The maximum atomic E-state index is 13.9. The molecule has 2 nitrogen and oxygen atoms in total. The van der Waals surface area contributed by atoms with Gasteiger partial charge in [0.25, 0.3) is 0 Å². The van der Waals surface area contributed by atoms with E-state index in [1.54, 1.807) is 12.1 Å². The summed E-state index contributed by atoms with van der Waals surface area (Å²) in [5, 5.41) is 0. The summed E-state index contributed by atoms with van der Waals surface area (Å²) in [5.74, 6) is -0.468. The normalized spacial score (nSPS) is 18.3. The van der Waals surface area contributed by atoms with E-state index in [9.17, 15) is 9.18 Å². The number of aryl methyl sites for hydroxylation is 1. The van der Waals surface area contributed by atoms with E-state index in [1.807, 2.05) is 25.9 Å². The Morgan fingerprint density at radius 1 is 1.28 bits per heavy atom. The molecule has 0 amide bonds. The number of likely N-dealkylation sites (N-methyl/N-ethyl adjacent to an activating group) is 1. The van der Waals surface area contributed by atoms with Gasteiger partial charge in [-0.25, -0.2) is 4.39 Å². The maximum Gasteiger partial charge on any atom is 0.185 e. The molecule has 0 heterocycles. The molecule has 1 aromatic rings. The Bertz CT molecular complexity index is 462. The number of carbonyl (C=O) groups excluding carboxylic acids is 1. The summed E-state index contributed by atoms with van der Waals surface area (Å²) in [4.78, 5) is 14.7. The first-order valence-electron chi connectivity index (χ1n) is 6.46. The van der Waals surface area contributed by atoms with Gasteiger partial charge in [0.2, 0.25) is 0 Å². The molecule has 2 rings (SSSR count). The highest BCUT2D eigenvalue weighted by Crippen LogP contribution is 2.37. The van der Waals surface area contributed by atoms with Crippen molar-refractivity contribution < 1.29 is 9.18 Å². The van der Waals surface area contributed by atoms with Crippen LogP contribution in [0.3, 0.4) is 0 Å². The van der Waals surface area contributed by atoms with Crippen LogP contribution < -0.4 is 0 Å². The third-order valence-corrected chi connectivity index (χ3v) is 4.08. The highest BCUT2D eigenvalue weighted by atomic mass is 19.1. The van der Waals surface area contributed by atoms with Gasteiger partial charge in [0, 0.05) is 0 Å². The molecule has 0 saturated heterocycles. The van der Waals surface area contributed by atoms with Crippen molar-refractivity contribution in [1.29, 1.82) is 0 Å². The molecule has 0 N–H and O–H groups in total. The van der Waals surface area contributed by atoms with Crippen molar-refractivity contribution in [3.63, 3.8) is 0 Å². The highest BCUT2D eigenvalue weighted by Gasteiger charge is 2.44. The van der Waals surface area contributed by atoms with Gasteiger partial charge in [-0.05, 0) is 46.0 Å². The summed E-state index contributed by atoms with van der Waals surface area (Å²) in [6.07, 6.45) is 3.73. The quantitative estimate of drug-likeness (QED) is 0.767. The van der Waals surface area contributed by atoms with Crippen molar-refractivity contribution in [2.24, 2.45) is 0 Å². The maximum absolute atomic E-state index is 13.9. The number of hydrogen-bond acceptors (Lipinski definition) is 2. The van der Waals surface area contributed by atoms with Gasteiger partial charge in [-0.2, -0.15) is 0 Å². The van der Waals surface area contributed by atoms with Gasteiger partial charge in [0.15, 0.2) is 5.78 Å². The van der Waals surface area contributed by atoms with Crippen molar-refractivity contribution in [2.45, 2.75) is 38.1 Å². The van der Waals surface area contributed by atoms with Crippen LogP contribution in [0.5, 0.6) is 0 Å². The average molecular weight is 249 g/mol. The van der Waals surface area contributed by atoms with E-state index in [0.29, 0.717) is 0 Å². The van der Waals surface area contributed by atoms with Gasteiger partial charge >= 0.3 is 0 Å². The lowest BCUT2D eigenvalue weighted by Crippen LogP contribution is -2.49. The molecule has 1 aromatic carbocycles. The van der Waals surface area contributed by atoms with Crippen molar-refractivity contribution >= 4 is 5.78 Å². The lowest BCUT2D eigenvalue weighted by atomic mass is 9.86. The van der Waals surface area contributed by atoms with Crippen LogP contribution >= 0.6 is 0 Å². The molecule has 0 aliphatic heterocycles. The monoisotopic (exact) mass is 249 g/mol. The van der Waals surface area contributed by atoms with Crippen LogP contribution in [0, 0.1) is 12.7 Å². The third-order valence-electron chi connectivity index (χ3n) is 4.08. The Morgan fingerprint density at radius 3 is 2.44 bits per heavy atom. The van der Waals surface area contributed by atoms with E-state index in [2.05, 4.69) is 0 Å². The lowest BCUT2D eigenvalue weighted by Gasteiger charge is -2.34. The molecule has 1 saturated carbocycles. The Kier molecular flexibility index (Phi) is 3.53. The minimum Gasteiger partial charge on any atom is -0.297 e. The highest BCUT2D eigenvalue weighted by molar-refractivity contribution is 6.03. The molecule has 0 aromatic heterocycles. The van der Waals surface area contributed by atoms with Crippen LogP contribution in [0.1, 0.15) is 41.6 Å². The fourth-order valence-electron chi connectivity index (χ4n) is 2.90. The van der Waals surface area contributed by atoms with Gasteiger partial charge in [0.05, 0.1) is 11.1 Å². The Hall–Kier alpha value is -1.22. The summed E-state index contributed by atoms with van der Waals surface area (Å²) in [7, 11) is 3.83. The van der Waals surface area contributed by atoms with E-state index in [4.69, 9.17) is 0 Å². The topological polar surface area (TPSA) is 20.3 Å². The van der Waals surface area contributed by atoms with Gasteiger partial charge < -0.3 is 0 Å². The second kappa shape index (κ2) is 4.81. The molecular formula is C15H20FNO. The smallest absolute Gasteiger partial charge is 0.185 e. The minimum atomic E-state index is -0.505. The molecule has 0 radical (unpaired) electrons. The predicted octanol–water partition coefficient (Wildman–Crippen LogP) is 3.19. The second-order valence-electron chi connectivity index (χ2n) is 5.45. The standard InChI is InChI=1S/C15H20FNO/c1-11-6-7-13(16)12(10-11)14(18)15(17(2)3)8-4-5-9-15/h6-7,10H,4-5,8-9H2,1-3H3. The number of Topliss-reactive ketones (excluding diaryl/α,β-unsaturated/α-hetero) is 1. The average Bonchev–Trinajstić information content (AvgIpc) is 2.82. The number of nitrogens with zero attached hydrogens (tertiary/aromatic N) is 1. The zero-order chi connectivity index (χ0) is 13.3. The summed E-state index contributed by atoms with van der Waals surface area (Å²) in [6, 6.07) is 4.76. The van der Waals surface area contributed by atoms with Crippen molar-refractivity contribution in [3.8, 4) is 0 Å². The molecule has 0 unspecified atom stereocenters. The summed E-state index contributed by atoms with van der Waals surface area (Å²) >= 11 is 0. The Labute approximate surface area is 108 Å². The number of halogens is 1.